The zero-order chi connectivity index (χ0) is 25.3. The maximum atomic E-state index is 14.8. The molecule has 2 aliphatic rings. The fraction of sp³-hybridized carbons (Fsp3) is 0.308. The molecule has 7 rings (SSSR count). The highest BCUT2D eigenvalue weighted by Gasteiger charge is 2.30. The molecule has 10 nitrogen and oxygen atoms in total. The molecule has 2 fully saturated rings. The van der Waals surface area contributed by atoms with E-state index in [0.29, 0.717) is 59.4 Å². The van der Waals surface area contributed by atoms with Gasteiger partial charge in [-0.1, -0.05) is 30.3 Å². The Bertz CT molecular complexity index is 1770. The van der Waals surface area contributed by atoms with Crippen LogP contribution in [0, 0.1) is 5.82 Å². The van der Waals surface area contributed by atoms with E-state index in [1.807, 2.05) is 46.8 Å². The second-order valence-electron chi connectivity index (χ2n) is 9.99. The molecule has 2 N–H and O–H groups in total. The standard InChI is InChI=1S/C26H25FN8O2/c1-32-13-33(14-32)20-10-19-18(9-17(20)27)28-21(29-19)11-22-30-24-23(34(22)12-15-5-3-2-4-6-15)25(36)31-26(37)35(24)16-7-8-16/h2-6,9-10,16H,7-8,11-14H2,1H3,(H,28,29)(H,31,36,37). The largest absolute Gasteiger partial charge is 0.343 e. The average molecular weight is 501 g/mol. The van der Waals surface area contributed by atoms with Gasteiger partial charge in [0.15, 0.2) is 11.2 Å². The topological polar surface area (TPSA) is 108 Å². The van der Waals surface area contributed by atoms with Crippen LogP contribution in [0.15, 0.2) is 52.1 Å². The minimum Gasteiger partial charge on any atom is -0.343 e. The summed E-state index contributed by atoms with van der Waals surface area (Å²) < 4.78 is 18.3. The van der Waals surface area contributed by atoms with Crippen LogP contribution in [0.1, 0.15) is 36.1 Å². The van der Waals surface area contributed by atoms with E-state index < -0.39 is 11.2 Å². The van der Waals surface area contributed by atoms with Crippen LogP contribution >= 0.6 is 0 Å². The Morgan fingerprint density at radius 3 is 2.57 bits per heavy atom. The summed E-state index contributed by atoms with van der Waals surface area (Å²) in [5.74, 6) is 0.911. The highest BCUT2D eigenvalue weighted by atomic mass is 19.1. The van der Waals surface area contributed by atoms with Gasteiger partial charge in [0.25, 0.3) is 5.56 Å². The van der Waals surface area contributed by atoms with E-state index in [1.165, 1.54) is 6.07 Å². The van der Waals surface area contributed by atoms with Crippen LogP contribution in [0.25, 0.3) is 22.2 Å². The molecule has 37 heavy (non-hydrogen) atoms. The zero-order valence-electron chi connectivity index (χ0n) is 20.2. The monoisotopic (exact) mass is 500 g/mol. The molecule has 0 bridgehead atoms. The number of benzene rings is 2. The number of nitrogens with one attached hydrogen (secondary N) is 2. The molecule has 0 spiro atoms. The van der Waals surface area contributed by atoms with Crippen molar-refractivity contribution in [3.8, 4) is 0 Å². The van der Waals surface area contributed by atoms with Gasteiger partial charge in [-0.2, -0.15) is 0 Å². The third kappa shape index (κ3) is 3.73. The molecule has 0 atom stereocenters. The van der Waals surface area contributed by atoms with Crippen LogP contribution in [-0.2, 0) is 13.0 Å². The molecule has 0 amide bonds. The molecular weight excluding hydrogens is 475 g/mol. The third-order valence-electron chi connectivity index (χ3n) is 7.10. The summed E-state index contributed by atoms with van der Waals surface area (Å²) >= 11 is 0. The van der Waals surface area contributed by atoms with Crippen LogP contribution < -0.4 is 16.1 Å². The highest BCUT2D eigenvalue weighted by molar-refractivity contribution is 5.80. The molecule has 1 saturated carbocycles. The molecule has 3 aromatic heterocycles. The van der Waals surface area contributed by atoms with E-state index in [-0.39, 0.29) is 18.3 Å². The van der Waals surface area contributed by atoms with Gasteiger partial charge in [-0.05, 0) is 31.5 Å². The van der Waals surface area contributed by atoms with E-state index in [9.17, 15) is 14.0 Å². The predicted molar refractivity (Wildman–Crippen MR) is 137 cm³/mol. The first-order chi connectivity index (χ1) is 17.9. The lowest BCUT2D eigenvalue weighted by Crippen LogP contribution is -2.53. The first-order valence-electron chi connectivity index (χ1n) is 12.3. The number of aromatic nitrogens is 6. The van der Waals surface area contributed by atoms with Crippen molar-refractivity contribution >= 4 is 27.9 Å². The lowest BCUT2D eigenvalue weighted by molar-refractivity contribution is 0.230. The smallest absolute Gasteiger partial charge is 0.330 e. The van der Waals surface area contributed by atoms with E-state index in [4.69, 9.17) is 9.97 Å². The zero-order valence-corrected chi connectivity index (χ0v) is 20.2. The predicted octanol–water partition coefficient (Wildman–Crippen LogP) is 2.54. The third-order valence-corrected chi connectivity index (χ3v) is 7.10. The molecule has 2 aromatic carbocycles. The quantitative estimate of drug-likeness (QED) is 0.371. The molecule has 11 heteroatoms. The van der Waals surface area contributed by atoms with E-state index >= 15 is 0 Å². The van der Waals surface area contributed by atoms with Gasteiger partial charge in [0, 0.05) is 18.7 Å². The Labute approximate surface area is 210 Å². The molecule has 1 aliphatic heterocycles. The van der Waals surface area contributed by atoms with Gasteiger partial charge in [0.05, 0.1) is 36.5 Å². The molecule has 4 heterocycles. The summed E-state index contributed by atoms with van der Waals surface area (Å²) in [5, 5.41) is 0. The molecule has 0 radical (unpaired) electrons. The van der Waals surface area contributed by atoms with Crippen molar-refractivity contribution in [3.05, 3.63) is 86.3 Å². The Morgan fingerprint density at radius 1 is 1.05 bits per heavy atom. The van der Waals surface area contributed by atoms with Crippen molar-refractivity contribution in [1.82, 2.24) is 34.0 Å². The number of fused-ring (bicyclic) bond motifs is 2. The number of anilines is 1. The van der Waals surface area contributed by atoms with Crippen molar-refractivity contribution in [2.75, 3.05) is 25.3 Å². The molecule has 1 saturated heterocycles. The average Bonchev–Trinajstić information content (AvgIpc) is 3.51. The Balaban J connectivity index is 1.34. The van der Waals surface area contributed by atoms with Gasteiger partial charge in [-0.3, -0.25) is 19.2 Å². The lowest BCUT2D eigenvalue weighted by atomic mass is 10.2. The first-order valence-corrected chi connectivity index (χ1v) is 12.3. The number of aromatic amines is 2. The number of H-pyrrole nitrogens is 2. The Morgan fingerprint density at radius 2 is 1.84 bits per heavy atom. The van der Waals surface area contributed by atoms with Gasteiger partial charge in [-0.15, -0.1) is 0 Å². The summed E-state index contributed by atoms with van der Waals surface area (Å²) in [6.07, 6.45) is 2.05. The molecule has 5 aromatic rings. The fourth-order valence-electron chi connectivity index (χ4n) is 5.17. The summed E-state index contributed by atoms with van der Waals surface area (Å²) in [5.41, 5.74) is 2.68. The second-order valence-corrected chi connectivity index (χ2v) is 9.99. The summed E-state index contributed by atoms with van der Waals surface area (Å²) in [4.78, 5) is 44.9. The van der Waals surface area contributed by atoms with Gasteiger partial charge in [0.2, 0.25) is 0 Å². The van der Waals surface area contributed by atoms with Crippen molar-refractivity contribution in [2.24, 2.45) is 0 Å². The van der Waals surface area contributed by atoms with Crippen LogP contribution in [0.2, 0.25) is 0 Å². The molecule has 1 aliphatic carbocycles. The molecular formula is C26H25FN8O2. The fourth-order valence-corrected chi connectivity index (χ4v) is 5.17. The molecule has 188 valence electrons. The SMILES string of the molecule is CN1CN(c2cc3nc(Cc4nc5c(c(=O)[nH]c(=O)n5C5CC5)n4Cc4ccccc4)[nH]c3cc2F)C1. The Kier molecular flexibility index (Phi) is 4.83. The maximum absolute atomic E-state index is 14.8. The number of imidazole rings is 2. The highest BCUT2D eigenvalue weighted by Crippen LogP contribution is 2.35. The number of nitrogens with zero attached hydrogens (tertiary/aromatic N) is 6. The summed E-state index contributed by atoms with van der Waals surface area (Å²) in [6, 6.07) is 13.1. The van der Waals surface area contributed by atoms with Crippen LogP contribution in [0.4, 0.5) is 10.1 Å². The van der Waals surface area contributed by atoms with E-state index in [2.05, 4.69) is 14.9 Å². The van der Waals surface area contributed by atoms with Gasteiger partial charge >= 0.3 is 5.69 Å². The van der Waals surface area contributed by atoms with Crippen LogP contribution in [0.3, 0.4) is 0 Å². The van der Waals surface area contributed by atoms with Crippen molar-refractivity contribution < 1.29 is 4.39 Å². The number of halogens is 1. The van der Waals surface area contributed by atoms with Crippen LogP contribution in [0.5, 0.6) is 0 Å². The van der Waals surface area contributed by atoms with E-state index in [1.54, 1.807) is 10.6 Å². The number of rotatable bonds is 6. The minimum atomic E-state index is -0.456. The first kappa shape index (κ1) is 22.0. The van der Waals surface area contributed by atoms with Crippen molar-refractivity contribution in [1.29, 1.82) is 0 Å². The van der Waals surface area contributed by atoms with Gasteiger partial charge in [-0.25, -0.2) is 19.2 Å². The summed E-state index contributed by atoms with van der Waals surface area (Å²) in [6.45, 7) is 1.75. The Hall–Kier alpha value is -4.25. The van der Waals surface area contributed by atoms with Crippen LogP contribution in [-0.4, -0.2) is 54.4 Å². The normalized spacial score (nSPS) is 16.1. The molecule has 0 unspecified atom stereocenters. The number of hydrogen-bond acceptors (Lipinski definition) is 6. The number of hydrogen-bond donors (Lipinski definition) is 2. The van der Waals surface area contributed by atoms with Gasteiger partial charge in [0.1, 0.15) is 17.5 Å². The summed E-state index contributed by atoms with van der Waals surface area (Å²) in [7, 11) is 1.98. The second kappa shape index (κ2) is 8.13. The van der Waals surface area contributed by atoms with Crippen molar-refractivity contribution in [3.63, 3.8) is 0 Å². The van der Waals surface area contributed by atoms with E-state index in [0.717, 1.165) is 18.4 Å². The maximum Gasteiger partial charge on any atom is 0.330 e. The lowest BCUT2D eigenvalue weighted by Gasteiger charge is -2.41. The van der Waals surface area contributed by atoms with Crippen molar-refractivity contribution in [2.45, 2.75) is 31.8 Å². The van der Waals surface area contributed by atoms with Gasteiger partial charge < -0.3 is 14.5 Å². The minimum absolute atomic E-state index is 0.0490.